The van der Waals surface area contributed by atoms with Gasteiger partial charge in [-0.2, -0.15) is 0 Å². The monoisotopic (exact) mass is 522 g/mol. The fraction of sp³-hybridized carbons (Fsp3) is 0.0286. The summed E-state index contributed by atoms with van der Waals surface area (Å²) in [7, 11) is 0. The third-order valence-corrected chi connectivity index (χ3v) is 8.11. The van der Waals surface area contributed by atoms with Crippen molar-refractivity contribution < 1.29 is 0 Å². The van der Waals surface area contributed by atoms with E-state index in [4.69, 9.17) is 0 Å². The van der Waals surface area contributed by atoms with Gasteiger partial charge in [-0.3, -0.25) is 0 Å². The van der Waals surface area contributed by atoms with E-state index >= 15 is 0 Å². The Hall–Kier alpha value is -3.94. The highest BCUT2D eigenvalue weighted by molar-refractivity contribution is 9.10. The van der Waals surface area contributed by atoms with Crippen molar-refractivity contribution >= 4 is 26.7 Å². The SMILES string of the molecule is Brc1ccc2c(c1)C(c1ccccc1)(c1ccccc1)c1ccc3c(-c4ccccc4)cccc3c1-2. The van der Waals surface area contributed by atoms with Gasteiger partial charge < -0.3 is 0 Å². The number of hydrogen-bond acceptors (Lipinski definition) is 0. The summed E-state index contributed by atoms with van der Waals surface area (Å²) >= 11 is 3.80. The number of benzene rings is 6. The second-order valence-corrected chi connectivity index (χ2v) is 10.3. The van der Waals surface area contributed by atoms with Crippen LogP contribution in [0.1, 0.15) is 22.3 Å². The van der Waals surface area contributed by atoms with Crippen LogP contribution in [0.25, 0.3) is 33.0 Å². The van der Waals surface area contributed by atoms with Gasteiger partial charge in [0.1, 0.15) is 0 Å². The van der Waals surface area contributed by atoms with E-state index < -0.39 is 5.41 Å². The molecule has 0 radical (unpaired) electrons. The molecule has 0 N–H and O–H groups in total. The molecule has 7 rings (SSSR count). The molecule has 6 aromatic carbocycles. The molecule has 0 spiro atoms. The Morgan fingerprint density at radius 1 is 0.444 bits per heavy atom. The van der Waals surface area contributed by atoms with Crippen LogP contribution in [0, 0.1) is 0 Å². The van der Waals surface area contributed by atoms with Gasteiger partial charge in [0.25, 0.3) is 0 Å². The number of rotatable bonds is 3. The van der Waals surface area contributed by atoms with Crippen LogP contribution in [0.5, 0.6) is 0 Å². The van der Waals surface area contributed by atoms with Gasteiger partial charge in [-0.1, -0.05) is 143 Å². The lowest BCUT2D eigenvalue weighted by atomic mass is 9.67. The summed E-state index contributed by atoms with van der Waals surface area (Å²) in [4.78, 5) is 0. The van der Waals surface area contributed by atoms with Crippen LogP contribution in [0.3, 0.4) is 0 Å². The smallest absolute Gasteiger partial charge is 0.0622 e. The second-order valence-electron chi connectivity index (χ2n) is 9.43. The van der Waals surface area contributed by atoms with E-state index in [0.29, 0.717) is 0 Å². The van der Waals surface area contributed by atoms with E-state index in [1.165, 1.54) is 55.3 Å². The summed E-state index contributed by atoms with van der Waals surface area (Å²) in [6, 6.07) is 50.9. The van der Waals surface area contributed by atoms with Crippen LogP contribution in [-0.4, -0.2) is 0 Å². The Bertz CT molecular complexity index is 1680. The largest absolute Gasteiger partial charge is 0.0714 e. The molecule has 0 bridgehead atoms. The molecule has 0 nitrogen and oxygen atoms in total. The Labute approximate surface area is 220 Å². The first kappa shape index (κ1) is 21.4. The maximum absolute atomic E-state index is 3.80. The Morgan fingerprint density at radius 3 is 1.75 bits per heavy atom. The first-order valence-electron chi connectivity index (χ1n) is 12.3. The van der Waals surface area contributed by atoms with Gasteiger partial charge in [0.15, 0.2) is 0 Å². The quantitative estimate of drug-likeness (QED) is 0.216. The molecule has 0 fully saturated rings. The summed E-state index contributed by atoms with van der Waals surface area (Å²) in [6.45, 7) is 0. The molecule has 0 amide bonds. The topological polar surface area (TPSA) is 0 Å². The number of fused-ring (bicyclic) bond motifs is 5. The average molecular weight is 523 g/mol. The van der Waals surface area contributed by atoms with Gasteiger partial charge in [-0.25, -0.2) is 0 Å². The van der Waals surface area contributed by atoms with E-state index in [-0.39, 0.29) is 0 Å². The van der Waals surface area contributed by atoms with Crippen LogP contribution >= 0.6 is 15.9 Å². The highest BCUT2D eigenvalue weighted by Crippen LogP contribution is 2.58. The van der Waals surface area contributed by atoms with Crippen molar-refractivity contribution in [1.82, 2.24) is 0 Å². The Balaban J connectivity index is 1.65. The van der Waals surface area contributed by atoms with Gasteiger partial charge in [-0.05, 0) is 67.4 Å². The molecule has 170 valence electrons. The highest BCUT2D eigenvalue weighted by Gasteiger charge is 2.46. The third kappa shape index (κ3) is 3.00. The van der Waals surface area contributed by atoms with Crippen molar-refractivity contribution in [3.8, 4) is 22.3 Å². The standard InChI is InChI=1S/C35H23Br/c36-27-19-20-31-33(23-27)35(25-13-6-2-7-14-25,26-15-8-3-9-16-26)32-22-21-29-28(24-11-4-1-5-12-24)17-10-18-30(29)34(31)32/h1-23H. The maximum atomic E-state index is 3.80. The fourth-order valence-electron chi connectivity index (χ4n) is 6.18. The van der Waals surface area contributed by atoms with Crippen LogP contribution in [0.2, 0.25) is 0 Å². The van der Waals surface area contributed by atoms with Gasteiger partial charge in [-0.15, -0.1) is 0 Å². The Kier molecular flexibility index (Phi) is 4.94. The van der Waals surface area contributed by atoms with Crippen LogP contribution in [-0.2, 0) is 5.41 Å². The first-order valence-corrected chi connectivity index (χ1v) is 13.1. The average Bonchev–Trinajstić information content (AvgIpc) is 3.24. The lowest BCUT2D eigenvalue weighted by Gasteiger charge is -2.34. The molecule has 0 aromatic heterocycles. The molecule has 0 heterocycles. The van der Waals surface area contributed by atoms with Gasteiger partial charge in [0.05, 0.1) is 5.41 Å². The second kappa shape index (κ2) is 8.33. The molecule has 1 aliphatic rings. The van der Waals surface area contributed by atoms with Crippen molar-refractivity contribution in [2.45, 2.75) is 5.41 Å². The summed E-state index contributed by atoms with van der Waals surface area (Å²) in [5, 5.41) is 2.58. The molecular formula is C35H23Br. The van der Waals surface area contributed by atoms with E-state index in [2.05, 4.69) is 155 Å². The van der Waals surface area contributed by atoms with E-state index in [1.54, 1.807) is 0 Å². The minimum absolute atomic E-state index is 0.395. The minimum atomic E-state index is -0.395. The van der Waals surface area contributed by atoms with Gasteiger partial charge >= 0.3 is 0 Å². The molecule has 0 atom stereocenters. The number of hydrogen-bond donors (Lipinski definition) is 0. The van der Waals surface area contributed by atoms with Crippen LogP contribution in [0.4, 0.5) is 0 Å². The lowest BCUT2D eigenvalue weighted by Crippen LogP contribution is -2.28. The van der Waals surface area contributed by atoms with Crippen molar-refractivity contribution in [1.29, 1.82) is 0 Å². The predicted octanol–water partition coefficient (Wildman–Crippen LogP) is 9.63. The van der Waals surface area contributed by atoms with Gasteiger partial charge in [0.2, 0.25) is 0 Å². The van der Waals surface area contributed by atoms with E-state index in [0.717, 1.165) is 4.47 Å². The third-order valence-electron chi connectivity index (χ3n) is 7.62. The van der Waals surface area contributed by atoms with Crippen molar-refractivity contribution in [3.05, 3.63) is 166 Å². The van der Waals surface area contributed by atoms with Crippen molar-refractivity contribution in [2.24, 2.45) is 0 Å². The minimum Gasteiger partial charge on any atom is -0.0622 e. The first-order chi connectivity index (χ1) is 17.8. The highest BCUT2D eigenvalue weighted by atomic mass is 79.9. The Morgan fingerprint density at radius 2 is 1.08 bits per heavy atom. The summed E-state index contributed by atoms with van der Waals surface area (Å²) in [6.07, 6.45) is 0. The molecule has 0 saturated carbocycles. The predicted molar refractivity (Wildman–Crippen MR) is 154 cm³/mol. The molecule has 0 saturated heterocycles. The zero-order valence-electron chi connectivity index (χ0n) is 19.7. The summed E-state index contributed by atoms with van der Waals surface area (Å²) in [5.74, 6) is 0. The molecule has 0 unspecified atom stereocenters. The zero-order chi connectivity index (χ0) is 24.1. The van der Waals surface area contributed by atoms with Gasteiger partial charge in [0, 0.05) is 4.47 Å². The lowest BCUT2D eigenvalue weighted by molar-refractivity contribution is 0.768. The number of halogens is 1. The van der Waals surface area contributed by atoms with Crippen LogP contribution < -0.4 is 0 Å². The molecule has 0 aliphatic heterocycles. The normalized spacial score (nSPS) is 13.4. The molecule has 6 aromatic rings. The summed E-state index contributed by atoms with van der Waals surface area (Å²) < 4.78 is 1.10. The maximum Gasteiger partial charge on any atom is 0.0714 e. The molecular weight excluding hydrogens is 500 g/mol. The fourth-order valence-corrected chi connectivity index (χ4v) is 6.55. The van der Waals surface area contributed by atoms with E-state index in [9.17, 15) is 0 Å². The molecule has 1 heteroatoms. The summed E-state index contributed by atoms with van der Waals surface area (Å²) in [5.41, 5.74) is 9.99. The van der Waals surface area contributed by atoms with E-state index in [1.807, 2.05) is 0 Å². The van der Waals surface area contributed by atoms with Crippen LogP contribution in [0.15, 0.2) is 144 Å². The molecule has 1 aliphatic carbocycles. The zero-order valence-corrected chi connectivity index (χ0v) is 21.2. The molecule has 36 heavy (non-hydrogen) atoms. The van der Waals surface area contributed by atoms with Crippen molar-refractivity contribution in [3.63, 3.8) is 0 Å². The van der Waals surface area contributed by atoms with Crippen molar-refractivity contribution in [2.75, 3.05) is 0 Å².